The normalized spacial score (nSPS) is 23.2. The third-order valence-electron chi connectivity index (χ3n) is 3.61. The maximum Gasteiger partial charge on any atom is 0.310 e. The molecule has 0 N–H and O–H groups in total. The molecule has 1 aromatic carbocycles. The molecule has 0 aromatic heterocycles. The Morgan fingerprint density at radius 3 is 2.52 bits per heavy atom. The first-order valence-corrected chi connectivity index (χ1v) is 8.50. The van der Waals surface area contributed by atoms with Gasteiger partial charge in [0.2, 0.25) is 10.0 Å². The Bertz CT molecular complexity index is 662. The van der Waals surface area contributed by atoms with Crippen LogP contribution in [0.1, 0.15) is 6.92 Å². The van der Waals surface area contributed by atoms with Crippen molar-refractivity contribution in [3.05, 3.63) is 28.2 Å². The van der Waals surface area contributed by atoms with E-state index in [1.54, 1.807) is 0 Å². The highest BCUT2D eigenvalue weighted by Crippen LogP contribution is 2.31. The highest BCUT2D eigenvalue weighted by molar-refractivity contribution is 7.89. The molecular formula is C13H15Cl2NO4S. The van der Waals surface area contributed by atoms with Crippen molar-refractivity contribution in [2.75, 3.05) is 20.2 Å². The third-order valence-corrected chi connectivity index (χ3v) is 6.18. The van der Waals surface area contributed by atoms with Gasteiger partial charge in [-0.3, -0.25) is 4.79 Å². The number of methoxy groups -OCH3 is 1. The number of ether oxygens (including phenoxy) is 1. The summed E-state index contributed by atoms with van der Waals surface area (Å²) in [5.74, 6) is -0.947. The monoisotopic (exact) mass is 351 g/mol. The summed E-state index contributed by atoms with van der Waals surface area (Å²) in [6.45, 7) is 2.20. The molecule has 0 aliphatic carbocycles. The summed E-state index contributed by atoms with van der Waals surface area (Å²) in [6, 6.07) is 4.16. The minimum absolute atomic E-state index is 0.0645. The van der Waals surface area contributed by atoms with Crippen molar-refractivity contribution in [1.82, 2.24) is 4.31 Å². The lowest BCUT2D eigenvalue weighted by molar-refractivity contribution is -0.145. The maximum absolute atomic E-state index is 12.6. The van der Waals surface area contributed by atoms with Crippen LogP contribution in [-0.4, -0.2) is 38.9 Å². The number of esters is 1. The Labute approximate surface area is 133 Å². The fourth-order valence-corrected chi connectivity index (χ4v) is 4.32. The number of carbonyl (C=O) groups is 1. The van der Waals surface area contributed by atoms with E-state index in [0.717, 1.165) is 0 Å². The second-order valence-electron chi connectivity index (χ2n) is 5.00. The van der Waals surface area contributed by atoms with Gasteiger partial charge in [-0.15, -0.1) is 0 Å². The molecule has 0 amide bonds. The molecule has 8 heteroatoms. The molecule has 5 nitrogen and oxygen atoms in total. The highest BCUT2D eigenvalue weighted by Gasteiger charge is 2.41. The summed E-state index contributed by atoms with van der Waals surface area (Å²) in [5, 5.41) is 0.465. The predicted molar refractivity (Wildman–Crippen MR) is 79.9 cm³/mol. The van der Waals surface area contributed by atoms with Gasteiger partial charge in [0.1, 0.15) is 0 Å². The van der Waals surface area contributed by atoms with Crippen molar-refractivity contribution in [3.8, 4) is 0 Å². The van der Waals surface area contributed by atoms with E-state index in [-0.39, 0.29) is 33.9 Å². The van der Waals surface area contributed by atoms with Gasteiger partial charge in [0.05, 0.1) is 28.0 Å². The zero-order chi connectivity index (χ0) is 15.8. The molecule has 0 bridgehead atoms. The average molecular weight is 352 g/mol. The number of benzene rings is 1. The molecule has 2 unspecified atom stereocenters. The predicted octanol–water partition coefficient (Wildman–Crippen LogP) is 2.42. The summed E-state index contributed by atoms with van der Waals surface area (Å²) >= 11 is 11.7. The number of nitrogens with zero attached hydrogens (tertiary/aromatic N) is 1. The van der Waals surface area contributed by atoms with Gasteiger partial charge in [-0.2, -0.15) is 4.31 Å². The molecule has 0 spiro atoms. The third kappa shape index (κ3) is 3.18. The van der Waals surface area contributed by atoms with Gasteiger partial charge in [-0.25, -0.2) is 8.42 Å². The SMILES string of the molecule is COC(=O)C1CN(S(=O)(=O)c2ccc(Cl)c(Cl)c2)CC1C. The number of hydrogen-bond donors (Lipinski definition) is 0. The molecule has 2 atom stereocenters. The fraction of sp³-hybridized carbons (Fsp3) is 0.462. The minimum atomic E-state index is -3.70. The van der Waals surface area contributed by atoms with Gasteiger partial charge in [0.25, 0.3) is 0 Å². The lowest BCUT2D eigenvalue weighted by atomic mass is 9.99. The van der Waals surface area contributed by atoms with Crippen molar-refractivity contribution in [2.24, 2.45) is 11.8 Å². The van der Waals surface area contributed by atoms with Crippen LogP contribution in [0.5, 0.6) is 0 Å². The van der Waals surface area contributed by atoms with E-state index in [9.17, 15) is 13.2 Å². The van der Waals surface area contributed by atoms with Crippen LogP contribution in [0.3, 0.4) is 0 Å². The molecular weight excluding hydrogens is 337 g/mol. The molecule has 1 aromatic rings. The number of halogens is 2. The first-order chi connectivity index (χ1) is 9.77. The second-order valence-corrected chi connectivity index (χ2v) is 7.76. The van der Waals surface area contributed by atoms with E-state index in [4.69, 9.17) is 27.9 Å². The average Bonchev–Trinajstić information content (AvgIpc) is 2.83. The first kappa shape index (κ1) is 16.5. The maximum atomic E-state index is 12.6. The van der Waals surface area contributed by atoms with Crippen LogP contribution < -0.4 is 0 Å². The van der Waals surface area contributed by atoms with Crippen LogP contribution in [0.2, 0.25) is 10.0 Å². The standard InChI is InChI=1S/C13H15Cl2NO4S/c1-8-6-16(7-10(8)13(17)20-2)21(18,19)9-3-4-11(14)12(15)5-9/h3-5,8,10H,6-7H2,1-2H3. The lowest BCUT2D eigenvalue weighted by Crippen LogP contribution is -2.30. The van der Waals surface area contributed by atoms with Crippen LogP contribution in [0.4, 0.5) is 0 Å². The smallest absolute Gasteiger partial charge is 0.310 e. The van der Waals surface area contributed by atoms with Gasteiger partial charge in [0.15, 0.2) is 0 Å². The van der Waals surface area contributed by atoms with E-state index in [1.165, 1.54) is 29.6 Å². The van der Waals surface area contributed by atoms with Crippen LogP contribution in [0.15, 0.2) is 23.1 Å². The molecule has 116 valence electrons. The van der Waals surface area contributed by atoms with Gasteiger partial charge in [-0.1, -0.05) is 30.1 Å². The first-order valence-electron chi connectivity index (χ1n) is 6.30. The van der Waals surface area contributed by atoms with Crippen LogP contribution in [0, 0.1) is 11.8 Å². The molecule has 0 saturated carbocycles. The molecule has 1 heterocycles. The zero-order valence-electron chi connectivity index (χ0n) is 11.5. The largest absolute Gasteiger partial charge is 0.469 e. The van der Waals surface area contributed by atoms with Crippen LogP contribution >= 0.6 is 23.2 Å². The van der Waals surface area contributed by atoms with Gasteiger partial charge in [0, 0.05) is 13.1 Å². The number of hydrogen-bond acceptors (Lipinski definition) is 4. The summed E-state index contributed by atoms with van der Waals surface area (Å²) in [7, 11) is -2.41. The van der Waals surface area contributed by atoms with Gasteiger partial charge >= 0.3 is 5.97 Å². The molecule has 1 aliphatic rings. The summed E-state index contributed by atoms with van der Waals surface area (Å²) in [6.07, 6.45) is 0. The van der Waals surface area contributed by atoms with Crippen LogP contribution in [-0.2, 0) is 19.6 Å². The summed E-state index contributed by atoms with van der Waals surface area (Å²) < 4.78 is 31.1. The Hall–Kier alpha value is -0.820. The second kappa shape index (κ2) is 6.12. The summed E-state index contributed by atoms with van der Waals surface area (Å²) in [5.41, 5.74) is 0. The van der Waals surface area contributed by atoms with Crippen molar-refractivity contribution >= 4 is 39.2 Å². The van der Waals surface area contributed by atoms with Crippen LogP contribution in [0.25, 0.3) is 0 Å². The molecule has 1 aliphatic heterocycles. The van der Waals surface area contributed by atoms with E-state index in [0.29, 0.717) is 0 Å². The molecule has 1 saturated heterocycles. The number of carbonyl (C=O) groups excluding carboxylic acids is 1. The van der Waals surface area contributed by atoms with Crippen molar-refractivity contribution < 1.29 is 17.9 Å². The van der Waals surface area contributed by atoms with Crippen molar-refractivity contribution in [3.63, 3.8) is 0 Å². The Balaban J connectivity index is 2.29. The number of rotatable bonds is 3. The Morgan fingerprint density at radius 2 is 1.95 bits per heavy atom. The van der Waals surface area contributed by atoms with E-state index in [1.807, 2.05) is 6.92 Å². The Kier molecular flexibility index (Phi) is 4.82. The van der Waals surface area contributed by atoms with Crippen molar-refractivity contribution in [1.29, 1.82) is 0 Å². The fourth-order valence-electron chi connectivity index (χ4n) is 2.36. The lowest BCUT2D eigenvalue weighted by Gasteiger charge is -2.16. The van der Waals surface area contributed by atoms with Gasteiger partial charge < -0.3 is 4.74 Å². The minimum Gasteiger partial charge on any atom is -0.469 e. The molecule has 0 radical (unpaired) electrons. The quantitative estimate of drug-likeness (QED) is 0.784. The van der Waals surface area contributed by atoms with E-state index in [2.05, 4.69) is 0 Å². The van der Waals surface area contributed by atoms with Crippen molar-refractivity contribution in [2.45, 2.75) is 11.8 Å². The topological polar surface area (TPSA) is 63.7 Å². The number of sulfonamides is 1. The van der Waals surface area contributed by atoms with E-state index < -0.39 is 21.9 Å². The zero-order valence-corrected chi connectivity index (χ0v) is 13.9. The summed E-state index contributed by atoms with van der Waals surface area (Å²) in [4.78, 5) is 11.7. The van der Waals surface area contributed by atoms with E-state index >= 15 is 0 Å². The molecule has 1 fully saturated rings. The Morgan fingerprint density at radius 1 is 1.29 bits per heavy atom. The molecule has 2 rings (SSSR count). The highest BCUT2D eigenvalue weighted by atomic mass is 35.5. The molecule has 21 heavy (non-hydrogen) atoms. The van der Waals surface area contributed by atoms with Gasteiger partial charge in [-0.05, 0) is 24.1 Å².